The molecule has 0 radical (unpaired) electrons. The van der Waals surface area contributed by atoms with Gasteiger partial charge in [0.2, 0.25) is 5.82 Å². The number of hydrogen-bond donors (Lipinski definition) is 2. The van der Waals surface area contributed by atoms with Crippen molar-refractivity contribution >= 4 is 34.2 Å². The average molecular weight is 618 g/mol. The molecular formula is C31H27N11O4. The fraction of sp³-hybridized carbons (Fsp3) is 0.161. The van der Waals surface area contributed by atoms with Gasteiger partial charge in [0.15, 0.2) is 11.5 Å². The van der Waals surface area contributed by atoms with Gasteiger partial charge in [-0.3, -0.25) is 23.7 Å². The zero-order valence-electron chi connectivity index (χ0n) is 25.2. The Morgan fingerprint density at radius 2 is 1.67 bits per heavy atom. The lowest BCUT2D eigenvalue weighted by atomic mass is 10.1. The van der Waals surface area contributed by atoms with Crippen molar-refractivity contribution in [3.05, 3.63) is 110 Å². The molecule has 4 heterocycles. The van der Waals surface area contributed by atoms with Crippen molar-refractivity contribution in [2.45, 2.75) is 20.4 Å². The molecule has 0 atom stereocenters. The van der Waals surface area contributed by atoms with Crippen molar-refractivity contribution in [1.29, 1.82) is 5.26 Å². The summed E-state index contributed by atoms with van der Waals surface area (Å²) in [7, 11) is 3.19. The van der Waals surface area contributed by atoms with Gasteiger partial charge in [0.05, 0.1) is 16.8 Å². The number of nitrogens with zero attached hydrogens (tertiary/aromatic N) is 9. The molecule has 2 amide bonds. The van der Waals surface area contributed by atoms with Crippen molar-refractivity contribution in [1.82, 2.24) is 38.5 Å². The van der Waals surface area contributed by atoms with Crippen molar-refractivity contribution in [2.24, 2.45) is 14.1 Å². The first-order valence-electron chi connectivity index (χ1n) is 14.1. The number of aromatic nitrogens is 8. The Balaban J connectivity index is 1.36. The lowest BCUT2D eigenvalue weighted by Gasteiger charge is -2.13. The third-order valence-electron chi connectivity index (χ3n) is 7.27. The van der Waals surface area contributed by atoms with Crippen LogP contribution in [-0.2, 0) is 20.6 Å². The number of carbonyl (C=O) groups is 2. The van der Waals surface area contributed by atoms with Gasteiger partial charge >= 0.3 is 5.69 Å². The maximum Gasteiger partial charge on any atom is 0.351 e. The molecule has 0 bridgehead atoms. The van der Waals surface area contributed by atoms with Gasteiger partial charge in [-0.25, -0.2) is 23.7 Å². The van der Waals surface area contributed by atoms with E-state index in [9.17, 15) is 24.4 Å². The molecule has 46 heavy (non-hydrogen) atoms. The Morgan fingerprint density at radius 3 is 2.35 bits per heavy atom. The molecule has 0 aliphatic carbocycles. The predicted octanol–water partition coefficient (Wildman–Crippen LogP) is 2.51. The van der Waals surface area contributed by atoms with E-state index in [2.05, 4.69) is 25.8 Å². The number of aryl methyl sites for hydroxylation is 4. The van der Waals surface area contributed by atoms with Crippen LogP contribution < -0.4 is 21.9 Å². The van der Waals surface area contributed by atoms with Crippen LogP contribution in [0.1, 0.15) is 39.3 Å². The Bertz CT molecular complexity index is 2330. The summed E-state index contributed by atoms with van der Waals surface area (Å²) in [5, 5.41) is 23.3. The second-order valence-corrected chi connectivity index (χ2v) is 10.4. The normalized spacial score (nSPS) is 11.0. The first-order valence-corrected chi connectivity index (χ1v) is 14.1. The molecular weight excluding hydrogens is 590 g/mol. The number of nitriles is 1. The van der Waals surface area contributed by atoms with Crippen LogP contribution in [0.5, 0.6) is 0 Å². The van der Waals surface area contributed by atoms with Crippen molar-refractivity contribution in [2.75, 3.05) is 10.6 Å². The minimum absolute atomic E-state index is 0.0354. The number of anilines is 2. The summed E-state index contributed by atoms with van der Waals surface area (Å²) in [6, 6.07) is 18.1. The van der Waals surface area contributed by atoms with Gasteiger partial charge in [-0.15, -0.1) is 5.10 Å². The molecule has 15 heteroatoms. The number of amides is 2. The second kappa shape index (κ2) is 11.5. The molecule has 0 saturated heterocycles. The topological polar surface area (TPSA) is 179 Å². The third-order valence-corrected chi connectivity index (χ3v) is 7.27. The lowest BCUT2D eigenvalue weighted by Crippen LogP contribution is -2.23. The van der Waals surface area contributed by atoms with Crippen LogP contribution in [-0.4, -0.2) is 50.3 Å². The van der Waals surface area contributed by atoms with Gasteiger partial charge in [-0.05, 0) is 62.4 Å². The highest BCUT2D eigenvalue weighted by Crippen LogP contribution is 2.22. The van der Waals surface area contributed by atoms with Crippen LogP contribution in [0, 0.1) is 18.3 Å². The van der Waals surface area contributed by atoms with Crippen LogP contribution in [0.4, 0.5) is 11.5 Å². The quantitative estimate of drug-likeness (QED) is 0.274. The van der Waals surface area contributed by atoms with E-state index in [1.165, 1.54) is 22.4 Å². The van der Waals surface area contributed by atoms with E-state index < -0.39 is 17.5 Å². The summed E-state index contributed by atoms with van der Waals surface area (Å²) in [6.45, 7) is 3.85. The first-order chi connectivity index (χ1) is 22.1. The minimum Gasteiger partial charge on any atom is -0.321 e. The molecule has 15 nitrogen and oxygen atoms in total. The number of carbonyl (C=O) groups excluding carboxylic acids is 2. The zero-order valence-corrected chi connectivity index (χ0v) is 25.2. The Hall–Kier alpha value is -6.56. The van der Waals surface area contributed by atoms with Crippen LogP contribution in [0.25, 0.3) is 22.3 Å². The number of rotatable bonds is 7. The summed E-state index contributed by atoms with van der Waals surface area (Å²) in [4.78, 5) is 57.3. The molecule has 0 aliphatic rings. The molecule has 2 aromatic carbocycles. The average Bonchev–Trinajstić information content (AvgIpc) is 3.68. The van der Waals surface area contributed by atoms with Gasteiger partial charge in [-0.2, -0.15) is 10.4 Å². The number of pyridine rings is 1. The van der Waals surface area contributed by atoms with E-state index in [1.54, 1.807) is 84.1 Å². The maximum atomic E-state index is 13.8. The highest BCUT2D eigenvalue weighted by Gasteiger charge is 2.23. The monoisotopic (exact) mass is 617 g/mol. The van der Waals surface area contributed by atoms with E-state index in [0.29, 0.717) is 51.6 Å². The van der Waals surface area contributed by atoms with Crippen molar-refractivity contribution in [3.8, 4) is 17.4 Å². The van der Waals surface area contributed by atoms with E-state index in [1.807, 2.05) is 13.0 Å². The van der Waals surface area contributed by atoms with E-state index >= 15 is 0 Å². The third kappa shape index (κ3) is 5.13. The molecule has 0 fully saturated rings. The molecule has 0 aliphatic heterocycles. The lowest BCUT2D eigenvalue weighted by molar-refractivity contribution is 0.101. The standard InChI is InChI=1S/C31H27N11O4/c1-5-40-27-23(30(45)42(40)22-11-9-21(10-12-22)41-25(17-32)37-39(4)31(41)46)15-18(2)33-26(27)29(44)34-20-8-6-7-19(16-20)28(43)35-24-13-14-38(3)36-24/h6-16H,5H2,1-4H3,(H,34,44)(H,35,36,43). The molecule has 4 aromatic heterocycles. The van der Waals surface area contributed by atoms with Gasteiger partial charge < -0.3 is 10.6 Å². The van der Waals surface area contributed by atoms with E-state index in [0.717, 1.165) is 4.68 Å². The fourth-order valence-electron chi connectivity index (χ4n) is 5.24. The zero-order chi connectivity index (χ0) is 32.7. The summed E-state index contributed by atoms with van der Waals surface area (Å²) in [5.74, 6) is -0.642. The Morgan fingerprint density at radius 1 is 0.935 bits per heavy atom. The second-order valence-electron chi connectivity index (χ2n) is 10.4. The summed E-state index contributed by atoms with van der Waals surface area (Å²) >= 11 is 0. The first kappa shape index (κ1) is 29.5. The van der Waals surface area contributed by atoms with Gasteiger partial charge in [0.25, 0.3) is 17.4 Å². The SMILES string of the molecule is CCn1c2c(C(=O)Nc3cccc(C(=O)Nc4ccn(C)n4)c3)nc(C)cc2c(=O)n1-c1ccc(-n2c(C#N)nn(C)c2=O)cc1. The number of hydrogen-bond acceptors (Lipinski definition) is 8. The summed E-state index contributed by atoms with van der Waals surface area (Å²) in [6.07, 6.45) is 1.70. The van der Waals surface area contributed by atoms with Crippen LogP contribution >= 0.6 is 0 Å². The number of nitrogens with one attached hydrogen (secondary N) is 2. The minimum atomic E-state index is -0.564. The van der Waals surface area contributed by atoms with Crippen molar-refractivity contribution in [3.63, 3.8) is 0 Å². The van der Waals surface area contributed by atoms with E-state index in [-0.39, 0.29) is 17.1 Å². The van der Waals surface area contributed by atoms with Gasteiger partial charge in [-0.1, -0.05) is 6.07 Å². The highest BCUT2D eigenvalue weighted by atomic mass is 16.2. The molecule has 2 N–H and O–H groups in total. The molecule has 0 unspecified atom stereocenters. The van der Waals surface area contributed by atoms with Gasteiger partial charge in [0, 0.05) is 49.8 Å². The van der Waals surface area contributed by atoms with Crippen LogP contribution in [0.15, 0.2) is 76.4 Å². The maximum absolute atomic E-state index is 13.8. The van der Waals surface area contributed by atoms with E-state index in [4.69, 9.17) is 0 Å². The summed E-state index contributed by atoms with van der Waals surface area (Å²) in [5.41, 5.74) is 1.52. The Kier molecular flexibility index (Phi) is 7.38. The Labute approximate surface area is 260 Å². The predicted molar refractivity (Wildman–Crippen MR) is 168 cm³/mol. The molecule has 6 aromatic rings. The number of benzene rings is 2. The van der Waals surface area contributed by atoms with Crippen LogP contribution in [0.2, 0.25) is 0 Å². The molecule has 0 spiro atoms. The van der Waals surface area contributed by atoms with Crippen LogP contribution in [0.3, 0.4) is 0 Å². The molecule has 0 saturated carbocycles. The highest BCUT2D eigenvalue weighted by molar-refractivity contribution is 6.11. The molecule has 230 valence electrons. The summed E-state index contributed by atoms with van der Waals surface area (Å²) < 4.78 is 6.90. The number of fused-ring (bicyclic) bond motifs is 1. The van der Waals surface area contributed by atoms with Crippen molar-refractivity contribution < 1.29 is 9.59 Å². The largest absolute Gasteiger partial charge is 0.351 e. The fourth-order valence-corrected chi connectivity index (χ4v) is 5.24. The van der Waals surface area contributed by atoms with Gasteiger partial charge in [0.1, 0.15) is 11.6 Å². The molecule has 6 rings (SSSR count). The smallest absolute Gasteiger partial charge is 0.321 e.